The number of furan rings is 1. The van der Waals surface area contributed by atoms with Crippen LogP contribution in [0.3, 0.4) is 0 Å². The van der Waals surface area contributed by atoms with Gasteiger partial charge in [-0.15, -0.1) is 11.3 Å². The van der Waals surface area contributed by atoms with Crippen molar-refractivity contribution >= 4 is 37.3 Å². The van der Waals surface area contributed by atoms with E-state index in [9.17, 15) is 8.42 Å². The molecule has 116 valence electrons. The van der Waals surface area contributed by atoms with E-state index in [1.165, 1.54) is 17.4 Å². The van der Waals surface area contributed by atoms with E-state index >= 15 is 0 Å². The Kier molecular flexibility index (Phi) is 4.94. The van der Waals surface area contributed by atoms with Gasteiger partial charge in [-0.05, 0) is 48.8 Å². The van der Waals surface area contributed by atoms with Crippen molar-refractivity contribution in [2.24, 2.45) is 0 Å². The Morgan fingerprint density at radius 3 is 2.57 bits per heavy atom. The normalized spacial score (nSPS) is 13.6. The second-order valence-electron chi connectivity index (χ2n) is 4.72. The van der Waals surface area contributed by atoms with Gasteiger partial charge in [0, 0.05) is 16.5 Å². The Labute approximate surface area is 136 Å². The molecule has 0 saturated carbocycles. The number of rotatable bonds is 5. The van der Waals surface area contributed by atoms with Crippen molar-refractivity contribution < 1.29 is 17.9 Å². The lowest BCUT2D eigenvalue weighted by Crippen LogP contribution is -2.27. The van der Waals surface area contributed by atoms with Crippen molar-refractivity contribution in [2.45, 2.75) is 38.3 Å². The van der Waals surface area contributed by atoms with Crippen molar-refractivity contribution in [2.75, 3.05) is 0 Å². The van der Waals surface area contributed by atoms with Crippen molar-refractivity contribution in [3.63, 3.8) is 0 Å². The average molecular weight is 394 g/mol. The van der Waals surface area contributed by atoms with Crippen LogP contribution in [0, 0.1) is 13.8 Å². The smallest absolute Gasteiger partial charge is 0.243 e. The fourth-order valence-electron chi connectivity index (χ4n) is 2.10. The lowest BCUT2D eigenvalue weighted by molar-refractivity contribution is 0.285. The Hall–Kier alpha value is -0.670. The van der Waals surface area contributed by atoms with E-state index in [1.807, 2.05) is 13.0 Å². The minimum Gasteiger partial charge on any atom is -0.466 e. The Balaban J connectivity index is 2.28. The second-order valence-corrected chi connectivity index (χ2v) is 8.86. The summed E-state index contributed by atoms with van der Waals surface area (Å²) in [5, 5.41) is 9.10. The highest BCUT2D eigenvalue weighted by molar-refractivity contribution is 9.11. The number of thiophene rings is 1. The molecule has 0 aliphatic heterocycles. The highest BCUT2D eigenvalue weighted by atomic mass is 79.9. The molecule has 0 spiro atoms. The SMILES string of the molecule is Cc1cc(C(C)NS(=O)(=O)c2cc(CO)sc2Br)c(C)o1. The highest BCUT2D eigenvalue weighted by Crippen LogP contribution is 2.33. The first-order valence-electron chi connectivity index (χ1n) is 6.23. The lowest BCUT2D eigenvalue weighted by atomic mass is 10.1. The minimum atomic E-state index is -3.67. The van der Waals surface area contributed by atoms with Gasteiger partial charge in [0.1, 0.15) is 16.4 Å². The van der Waals surface area contributed by atoms with Gasteiger partial charge in [0.25, 0.3) is 0 Å². The van der Waals surface area contributed by atoms with Crippen LogP contribution in [0.2, 0.25) is 0 Å². The average Bonchev–Trinajstić information content (AvgIpc) is 2.91. The maximum Gasteiger partial charge on any atom is 0.243 e. The largest absolute Gasteiger partial charge is 0.466 e. The molecule has 0 fully saturated rings. The molecule has 2 N–H and O–H groups in total. The lowest BCUT2D eigenvalue weighted by Gasteiger charge is -2.13. The van der Waals surface area contributed by atoms with E-state index in [1.54, 1.807) is 13.8 Å². The van der Waals surface area contributed by atoms with Crippen LogP contribution < -0.4 is 4.72 Å². The molecule has 0 aliphatic rings. The maximum absolute atomic E-state index is 12.4. The second kappa shape index (κ2) is 6.21. The van der Waals surface area contributed by atoms with Crippen molar-refractivity contribution in [1.29, 1.82) is 0 Å². The number of aryl methyl sites for hydroxylation is 2. The molecule has 2 heterocycles. The minimum absolute atomic E-state index is 0.140. The standard InChI is InChI=1S/C13H16BrNO4S2/c1-7-4-11(9(3)19-7)8(2)15-21(17,18)12-5-10(6-16)20-13(12)14/h4-5,8,15-16H,6H2,1-3H3. The molecular formula is C13H16BrNO4S2. The fourth-order valence-corrected chi connectivity index (χ4v) is 5.86. The highest BCUT2D eigenvalue weighted by Gasteiger charge is 2.24. The maximum atomic E-state index is 12.4. The van der Waals surface area contributed by atoms with Crippen molar-refractivity contribution in [1.82, 2.24) is 4.72 Å². The first-order valence-corrected chi connectivity index (χ1v) is 9.32. The van der Waals surface area contributed by atoms with E-state index in [2.05, 4.69) is 20.7 Å². The summed E-state index contributed by atoms with van der Waals surface area (Å²) in [4.78, 5) is 0.728. The molecule has 21 heavy (non-hydrogen) atoms. The summed E-state index contributed by atoms with van der Waals surface area (Å²) in [5.41, 5.74) is 0.810. The van der Waals surface area contributed by atoms with Gasteiger partial charge in [0.05, 0.1) is 10.4 Å². The van der Waals surface area contributed by atoms with Crippen LogP contribution in [0.4, 0.5) is 0 Å². The van der Waals surface area contributed by atoms with Crippen LogP contribution in [-0.2, 0) is 16.6 Å². The zero-order valence-electron chi connectivity index (χ0n) is 11.8. The van der Waals surface area contributed by atoms with Crippen molar-refractivity contribution in [3.8, 4) is 0 Å². The molecule has 0 saturated heterocycles. The van der Waals surface area contributed by atoms with E-state index in [0.29, 0.717) is 14.4 Å². The van der Waals surface area contributed by atoms with Gasteiger partial charge in [-0.25, -0.2) is 13.1 Å². The molecule has 2 rings (SSSR count). The zero-order valence-corrected chi connectivity index (χ0v) is 15.0. The van der Waals surface area contributed by atoms with Gasteiger partial charge < -0.3 is 9.52 Å². The molecule has 5 nitrogen and oxygen atoms in total. The summed E-state index contributed by atoms with van der Waals surface area (Å²) in [6, 6.07) is 2.89. The summed E-state index contributed by atoms with van der Waals surface area (Å²) in [5.74, 6) is 1.44. The molecule has 0 radical (unpaired) electrons. The molecule has 1 unspecified atom stereocenters. The van der Waals surface area contributed by atoms with Gasteiger partial charge in [-0.2, -0.15) is 0 Å². The van der Waals surface area contributed by atoms with Crippen LogP contribution in [0.5, 0.6) is 0 Å². The number of hydrogen-bond donors (Lipinski definition) is 2. The Morgan fingerprint density at radius 1 is 1.43 bits per heavy atom. The van der Waals surface area contributed by atoms with Gasteiger partial charge in [0.15, 0.2) is 0 Å². The van der Waals surface area contributed by atoms with Crippen LogP contribution in [-0.4, -0.2) is 13.5 Å². The Morgan fingerprint density at radius 2 is 2.10 bits per heavy atom. The van der Waals surface area contributed by atoms with E-state index in [4.69, 9.17) is 9.52 Å². The van der Waals surface area contributed by atoms with Crippen LogP contribution in [0.15, 0.2) is 25.2 Å². The third kappa shape index (κ3) is 3.57. The number of aliphatic hydroxyl groups is 1. The molecule has 8 heteroatoms. The molecule has 2 aromatic rings. The van der Waals surface area contributed by atoms with Crippen LogP contribution >= 0.6 is 27.3 Å². The third-order valence-corrected chi connectivity index (χ3v) is 6.81. The van der Waals surface area contributed by atoms with Gasteiger partial charge in [0.2, 0.25) is 10.0 Å². The van der Waals surface area contributed by atoms with Crippen LogP contribution in [0.25, 0.3) is 0 Å². The Bertz CT molecular complexity index is 748. The molecule has 1 atom stereocenters. The van der Waals surface area contributed by atoms with E-state index < -0.39 is 16.1 Å². The summed E-state index contributed by atoms with van der Waals surface area (Å²) < 4.78 is 33.4. The molecule has 0 bridgehead atoms. The molecule has 0 aromatic carbocycles. The zero-order chi connectivity index (χ0) is 15.8. The summed E-state index contributed by atoms with van der Waals surface area (Å²) in [6.45, 7) is 5.20. The summed E-state index contributed by atoms with van der Waals surface area (Å²) in [7, 11) is -3.67. The van der Waals surface area contributed by atoms with Gasteiger partial charge in [-0.1, -0.05) is 0 Å². The molecule has 2 aromatic heterocycles. The molecule has 0 amide bonds. The predicted octanol–water partition coefficient (Wildman–Crippen LogP) is 3.25. The van der Waals surface area contributed by atoms with Crippen LogP contribution in [0.1, 0.15) is 34.9 Å². The van der Waals surface area contributed by atoms with Crippen molar-refractivity contribution in [3.05, 3.63) is 37.9 Å². The summed E-state index contributed by atoms with van der Waals surface area (Å²) >= 11 is 4.43. The predicted molar refractivity (Wildman–Crippen MR) is 84.9 cm³/mol. The van der Waals surface area contributed by atoms with Gasteiger partial charge >= 0.3 is 0 Å². The first kappa shape index (κ1) is 16.7. The number of halogens is 1. The number of hydrogen-bond acceptors (Lipinski definition) is 5. The quantitative estimate of drug-likeness (QED) is 0.816. The topological polar surface area (TPSA) is 79.5 Å². The number of nitrogens with one attached hydrogen (secondary N) is 1. The summed E-state index contributed by atoms with van der Waals surface area (Å²) in [6.07, 6.45) is 0. The van der Waals surface area contributed by atoms with Gasteiger partial charge in [-0.3, -0.25) is 0 Å². The fraction of sp³-hybridized carbons (Fsp3) is 0.385. The third-order valence-electron chi connectivity index (χ3n) is 3.03. The van der Waals surface area contributed by atoms with E-state index in [0.717, 1.165) is 11.3 Å². The monoisotopic (exact) mass is 393 g/mol. The molecule has 0 aliphatic carbocycles. The number of sulfonamides is 1. The van der Waals surface area contributed by atoms with E-state index in [-0.39, 0.29) is 11.5 Å². The molecular weight excluding hydrogens is 378 g/mol. The number of aliphatic hydroxyl groups excluding tert-OH is 1. The first-order chi connectivity index (χ1) is 9.74.